The Labute approximate surface area is 88.3 Å². The second kappa shape index (κ2) is 3.39. The van der Waals surface area contributed by atoms with E-state index >= 15 is 0 Å². The third-order valence-electron chi connectivity index (χ3n) is 2.22. The van der Waals surface area contributed by atoms with Crippen LogP contribution in [0.2, 0.25) is 0 Å². The van der Waals surface area contributed by atoms with Gasteiger partial charge in [-0.05, 0) is 41.5 Å². The number of hydrogen-bond donors (Lipinski definition) is 0. The highest BCUT2D eigenvalue weighted by Crippen LogP contribution is 2.49. The van der Waals surface area contributed by atoms with Crippen molar-refractivity contribution in [3.8, 4) is 0 Å². The van der Waals surface area contributed by atoms with E-state index in [1.54, 1.807) is 0 Å². The first kappa shape index (κ1) is 11.8. The van der Waals surface area contributed by atoms with Crippen LogP contribution in [0.15, 0.2) is 12.4 Å². The van der Waals surface area contributed by atoms with Crippen molar-refractivity contribution in [2.24, 2.45) is 0 Å². The van der Waals surface area contributed by atoms with Crippen molar-refractivity contribution in [1.29, 1.82) is 0 Å². The van der Waals surface area contributed by atoms with Crippen molar-refractivity contribution in [2.75, 3.05) is 0 Å². The Morgan fingerprint density at radius 1 is 0.857 bits per heavy atom. The average Bonchev–Trinajstić information content (AvgIpc) is 2.26. The van der Waals surface area contributed by atoms with Gasteiger partial charge in [0.1, 0.15) is 8.45 Å². The number of nitrogens with zero attached hydrogens (tertiary/aromatic N) is 2. The van der Waals surface area contributed by atoms with Gasteiger partial charge in [-0.15, -0.1) is 0 Å². The first-order valence-corrected chi connectivity index (χ1v) is 6.25. The molecule has 82 valence electrons. The first-order valence-electron chi connectivity index (χ1n) is 4.95. The Bertz CT molecular complexity index is 215. The van der Waals surface area contributed by atoms with Crippen molar-refractivity contribution in [1.82, 2.24) is 9.34 Å². The number of hydrogen-bond acceptors (Lipinski definition) is 3. The van der Waals surface area contributed by atoms with Crippen molar-refractivity contribution in [2.45, 2.75) is 52.6 Å². The number of rotatable bonds is 0. The molecule has 14 heavy (non-hydrogen) atoms. The van der Waals surface area contributed by atoms with Crippen LogP contribution in [0.3, 0.4) is 0 Å². The van der Waals surface area contributed by atoms with Crippen LogP contribution in [0.4, 0.5) is 0 Å². The topological polar surface area (TPSA) is 29.5 Å². The molecule has 0 spiro atoms. The molecule has 1 aliphatic heterocycles. The lowest BCUT2D eigenvalue weighted by molar-refractivity contribution is -0.182. The fourth-order valence-electron chi connectivity index (χ4n) is 1.40. The van der Waals surface area contributed by atoms with Gasteiger partial charge in [0.05, 0.1) is 23.5 Å². The summed E-state index contributed by atoms with van der Waals surface area (Å²) in [6.07, 6.45) is 3.87. The molecule has 0 aromatic rings. The molecule has 1 heterocycles. The summed E-state index contributed by atoms with van der Waals surface area (Å²) in [7, 11) is -1.84. The molecule has 0 atom stereocenters. The second-order valence-corrected chi connectivity index (χ2v) is 7.19. The molecule has 1 aliphatic rings. The summed E-state index contributed by atoms with van der Waals surface area (Å²) in [5.41, 5.74) is -0.126. The minimum atomic E-state index is -1.84. The Morgan fingerprint density at radius 2 is 1.14 bits per heavy atom. The van der Waals surface area contributed by atoms with E-state index < -0.39 is 8.45 Å². The van der Waals surface area contributed by atoms with E-state index in [1.165, 1.54) is 0 Å². The van der Waals surface area contributed by atoms with Gasteiger partial charge in [0, 0.05) is 0 Å². The maximum absolute atomic E-state index is 12.2. The molecule has 0 aromatic carbocycles. The first-order chi connectivity index (χ1) is 6.14. The van der Waals surface area contributed by atoms with Crippen LogP contribution in [0.25, 0.3) is 0 Å². The zero-order chi connectivity index (χ0) is 11.1. The monoisotopic (exact) mass is 216 g/mol. The molecule has 0 radical (unpaired) electrons. The van der Waals surface area contributed by atoms with Gasteiger partial charge in [0.15, 0.2) is 0 Å². The highest BCUT2D eigenvalue weighted by Gasteiger charge is 2.38. The van der Waals surface area contributed by atoms with Crippen LogP contribution >= 0.6 is 8.45 Å². The van der Waals surface area contributed by atoms with Crippen molar-refractivity contribution in [3.05, 3.63) is 12.4 Å². The van der Waals surface area contributed by atoms with Crippen LogP contribution in [-0.4, -0.2) is 20.4 Å². The van der Waals surface area contributed by atoms with Gasteiger partial charge in [-0.1, -0.05) is 0 Å². The minimum absolute atomic E-state index is 0.0630. The van der Waals surface area contributed by atoms with E-state index in [0.717, 1.165) is 0 Å². The normalized spacial score (nSPS) is 19.6. The maximum atomic E-state index is 12.2. The van der Waals surface area contributed by atoms with Crippen molar-refractivity contribution < 1.29 is 4.89 Å². The van der Waals surface area contributed by atoms with Crippen LogP contribution < -0.4 is 4.89 Å². The summed E-state index contributed by atoms with van der Waals surface area (Å²) in [5, 5.41) is 0. The largest absolute Gasteiger partial charge is 0.644 e. The fraction of sp³-hybridized carbons (Fsp3) is 0.800. The van der Waals surface area contributed by atoms with E-state index in [4.69, 9.17) is 0 Å². The van der Waals surface area contributed by atoms with Gasteiger partial charge in [-0.2, -0.15) is 0 Å². The zero-order valence-electron chi connectivity index (χ0n) is 9.96. The lowest BCUT2D eigenvalue weighted by atomic mass is 10.1. The molecule has 0 N–H and O–H groups in total. The van der Waals surface area contributed by atoms with Gasteiger partial charge in [0.25, 0.3) is 0 Å². The highest BCUT2D eigenvalue weighted by molar-refractivity contribution is 7.45. The molecule has 0 bridgehead atoms. The van der Waals surface area contributed by atoms with Gasteiger partial charge in [-0.3, -0.25) is 0 Å². The van der Waals surface area contributed by atoms with Gasteiger partial charge >= 0.3 is 0 Å². The predicted molar refractivity (Wildman–Crippen MR) is 60.6 cm³/mol. The van der Waals surface area contributed by atoms with Crippen LogP contribution in [0, 0.1) is 0 Å². The predicted octanol–water partition coefficient (Wildman–Crippen LogP) is 1.99. The average molecular weight is 216 g/mol. The minimum Gasteiger partial charge on any atom is -0.644 e. The molecular formula is C10H21N2OP. The summed E-state index contributed by atoms with van der Waals surface area (Å²) in [4.78, 5) is 12.2. The Balaban J connectivity index is 2.81. The molecule has 4 heteroatoms. The molecule has 0 aromatic heterocycles. The third kappa shape index (κ3) is 2.21. The van der Waals surface area contributed by atoms with Gasteiger partial charge in [0.2, 0.25) is 0 Å². The highest BCUT2D eigenvalue weighted by atomic mass is 31.2. The lowest BCUT2D eigenvalue weighted by Gasteiger charge is -2.40. The van der Waals surface area contributed by atoms with E-state index in [9.17, 15) is 4.89 Å². The zero-order valence-corrected chi connectivity index (χ0v) is 11.0. The molecule has 1 rings (SSSR count). The summed E-state index contributed by atoms with van der Waals surface area (Å²) in [6.45, 7) is 12.5. The van der Waals surface area contributed by atoms with E-state index in [2.05, 4.69) is 41.5 Å². The quantitative estimate of drug-likeness (QED) is 0.580. The smallest absolute Gasteiger partial charge is 0.140 e. The van der Waals surface area contributed by atoms with E-state index in [-0.39, 0.29) is 11.1 Å². The fourth-order valence-corrected chi connectivity index (χ4v) is 3.17. The van der Waals surface area contributed by atoms with Crippen LogP contribution in [0.5, 0.6) is 0 Å². The van der Waals surface area contributed by atoms with Crippen molar-refractivity contribution in [3.63, 3.8) is 0 Å². The summed E-state index contributed by atoms with van der Waals surface area (Å²) < 4.78 is 3.89. The molecule has 3 nitrogen and oxygen atoms in total. The summed E-state index contributed by atoms with van der Waals surface area (Å²) in [5.74, 6) is 0. The van der Waals surface area contributed by atoms with Crippen LogP contribution in [-0.2, 0) is 0 Å². The summed E-state index contributed by atoms with van der Waals surface area (Å²) >= 11 is 0. The third-order valence-corrected chi connectivity index (χ3v) is 4.69. The maximum Gasteiger partial charge on any atom is 0.140 e. The molecule has 0 saturated carbocycles. The Hall–Kier alpha value is -0.270. The second-order valence-electron chi connectivity index (χ2n) is 5.66. The van der Waals surface area contributed by atoms with E-state index in [1.807, 2.05) is 21.7 Å². The molecule has 0 amide bonds. The van der Waals surface area contributed by atoms with Crippen LogP contribution in [0.1, 0.15) is 41.5 Å². The SMILES string of the molecule is CC(C)(C)N1C=CN(C(C)(C)C)[PH+]1[O-]. The van der Waals surface area contributed by atoms with Gasteiger partial charge < -0.3 is 4.89 Å². The van der Waals surface area contributed by atoms with E-state index in [0.29, 0.717) is 0 Å². The Kier molecular flexibility index (Phi) is 2.86. The summed E-state index contributed by atoms with van der Waals surface area (Å²) in [6, 6.07) is 0. The molecule has 0 fully saturated rings. The molecule has 0 saturated heterocycles. The van der Waals surface area contributed by atoms with Gasteiger partial charge in [-0.25, -0.2) is 9.34 Å². The lowest BCUT2D eigenvalue weighted by Crippen LogP contribution is -2.41. The molecule has 0 unspecified atom stereocenters. The Morgan fingerprint density at radius 3 is 1.29 bits per heavy atom. The standard InChI is InChI=1S/C10H21N2OP/c1-9(2,3)11-7-8-12(14(11)13)10(4,5)6/h7-8,14H,1-6H3. The molecule has 0 aliphatic carbocycles. The van der Waals surface area contributed by atoms with Crippen molar-refractivity contribution >= 4 is 8.45 Å². The molecular weight excluding hydrogens is 195 g/mol.